The molecule has 1 heterocycles. The molecule has 0 saturated carbocycles. The van der Waals surface area contributed by atoms with E-state index in [9.17, 15) is 4.39 Å². The molecule has 0 aliphatic heterocycles. The van der Waals surface area contributed by atoms with Crippen LogP contribution in [0.3, 0.4) is 0 Å². The smallest absolute Gasteiger partial charge is 0.163 e. The Morgan fingerprint density at radius 3 is 2.44 bits per heavy atom. The van der Waals surface area contributed by atoms with Crippen molar-refractivity contribution in [2.45, 2.75) is 4.83 Å². The van der Waals surface area contributed by atoms with Gasteiger partial charge in [0, 0.05) is 16.5 Å². The van der Waals surface area contributed by atoms with E-state index in [0.29, 0.717) is 17.1 Å². The summed E-state index contributed by atoms with van der Waals surface area (Å²) in [4.78, 5) is 0.860. The van der Waals surface area contributed by atoms with Crippen LogP contribution in [0.2, 0.25) is 0 Å². The number of halogens is 2. The minimum Gasteiger partial charge on any atom is -0.493 e. The molecule has 0 aliphatic carbocycles. The lowest BCUT2D eigenvalue weighted by Gasteiger charge is -2.14. The van der Waals surface area contributed by atoms with Crippen LogP contribution in [0.5, 0.6) is 11.5 Å². The van der Waals surface area contributed by atoms with E-state index in [2.05, 4.69) is 15.9 Å². The van der Waals surface area contributed by atoms with Gasteiger partial charge in [-0.2, -0.15) is 0 Å². The second-order valence-electron chi connectivity index (χ2n) is 3.61. The first-order valence-corrected chi connectivity index (χ1v) is 7.05. The lowest BCUT2D eigenvalue weighted by molar-refractivity contribution is 0.351. The molecule has 0 radical (unpaired) electrons. The predicted octanol–water partition coefficient (Wildman–Crippen LogP) is 4.39. The zero-order valence-electron chi connectivity index (χ0n) is 9.94. The normalized spacial score (nSPS) is 12.2. The molecule has 0 amide bonds. The lowest BCUT2D eigenvalue weighted by atomic mass is 10.1. The number of benzene rings is 1. The summed E-state index contributed by atoms with van der Waals surface area (Å²) in [5, 5.41) is 1.96. The number of thiophene rings is 1. The second-order valence-corrected chi connectivity index (χ2v) is 5.50. The molecule has 18 heavy (non-hydrogen) atoms. The van der Waals surface area contributed by atoms with Crippen molar-refractivity contribution in [3.63, 3.8) is 0 Å². The Kier molecular flexibility index (Phi) is 4.24. The van der Waals surface area contributed by atoms with Crippen molar-refractivity contribution in [3.05, 3.63) is 45.9 Å². The standard InChI is InChI=1S/C13H12BrFO2S/c1-16-10-6-8(9(15)7-11(10)17-2)13(14)12-4-3-5-18-12/h3-7,13H,1-2H3. The zero-order chi connectivity index (χ0) is 13.1. The average molecular weight is 331 g/mol. The zero-order valence-corrected chi connectivity index (χ0v) is 12.3. The number of methoxy groups -OCH3 is 2. The molecule has 2 aromatic rings. The largest absolute Gasteiger partial charge is 0.493 e. The van der Waals surface area contributed by atoms with E-state index >= 15 is 0 Å². The predicted molar refractivity (Wildman–Crippen MR) is 74.6 cm³/mol. The van der Waals surface area contributed by atoms with Crippen LogP contribution in [-0.4, -0.2) is 14.2 Å². The Morgan fingerprint density at radius 2 is 1.89 bits per heavy atom. The fourth-order valence-electron chi connectivity index (χ4n) is 1.65. The molecule has 96 valence electrons. The van der Waals surface area contributed by atoms with Crippen molar-refractivity contribution < 1.29 is 13.9 Å². The van der Waals surface area contributed by atoms with Crippen molar-refractivity contribution in [3.8, 4) is 11.5 Å². The maximum atomic E-state index is 14.0. The topological polar surface area (TPSA) is 18.5 Å². The van der Waals surface area contributed by atoms with E-state index in [4.69, 9.17) is 9.47 Å². The average Bonchev–Trinajstić information content (AvgIpc) is 2.91. The maximum absolute atomic E-state index is 14.0. The first kappa shape index (κ1) is 13.4. The van der Waals surface area contributed by atoms with Crippen LogP contribution < -0.4 is 9.47 Å². The lowest BCUT2D eigenvalue weighted by Crippen LogP contribution is -1.98. The van der Waals surface area contributed by atoms with E-state index in [-0.39, 0.29) is 10.6 Å². The molecule has 0 bridgehead atoms. The molecule has 1 unspecified atom stereocenters. The molecule has 0 aliphatic rings. The Hall–Kier alpha value is -1.07. The summed E-state index contributed by atoms with van der Waals surface area (Å²) in [6.07, 6.45) is 0. The van der Waals surface area contributed by atoms with Crippen LogP contribution in [0.1, 0.15) is 15.3 Å². The highest BCUT2D eigenvalue weighted by molar-refractivity contribution is 9.09. The number of hydrogen-bond acceptors (Lipinski definition) is 3. The van der Waals surface area contributed by atoms with Crippen molar-refractivity contribution >= 4 is 27.3 Å². The Bertz CT molecular complexity index is 528. The molecular weight excluding hydrogens is 319 g/mol. The van der Waals surface area contributed by atoms with E-state index in [0.717, 1.165) is 4.88 Å². The van der Waals surface area contributed by atoms with Gasteiger partial charge in [0.25, 0.3) is 0 Å². The van der Waals surface area contributed by atoms with Gasteiger partial charge in [-0.05, 0) is 17.5 Å². The monoisotopic (exact) mass is 330 g/mol. The molecule has 1 atom stereocenters. The van der Waals surface area contributed by atoms with Crippen LogP contribution in [-0.2, 0) is 0 Å². The van der Waals surface area contributed by atoms with Crippen molar-refractivity contribution in [2.75, 3.05) is 14.2 Å². The van der Waals surface area contributed by atoms with Crippen LogP contribution in [0.25, 0.3) is 0 Å². The Labute approximate surface area is 117 Å². The molecule has 0 N–H and O–H groups in total. The van der Waals surface area contributed by atoms with Gasteiger partial charge in [0.15, 0.2) is 11.5 Å². The van der Waals surface area contributed by atoms with E-state index in [1.165, 1.54) is 20.3 Å². The minimum absolute atomic E-state index is 0.183. The Balaban J connectivity index is 2.45. The SMILES string of the molecule is COc1cc(F)c(C(Br)c2cccs2)cc1OC. The third-order valence-electron chi connectivity index (χ3n) is 2.57. The first-order valence-electron chi connectivity index (χ1n) is 5.26. The summed E-state index contributed by atoms with van der Waals surface area (Å²) in [6, 6.07) is 6.90. The Morgan fingerprint density at radius 1 is 1.22 bits per heavy atom. The molecule has 0 spiro atoms. The summed E-state index contributed by atoms with van der Waals surface area (Å²) >= 11 is 5.08. The molecule has 0 saturated heterocycles. The summed E-state index contributed by atoms with van der Waals surface area (Å²) in [5.74, 6) is 0.600. The van der Waals surface area contributed by atoms with Gasteiger partial charge in [0.2, 0.25) is 0 Å². The van der Waals surface area contributed by atoms with Crippen LogP contribution in [0, 0.1) is 5.82 Å². The maximum Gasteiger partial charge on any atom is 0.163 e. The highest BCUT2D eigenvalue weighted by Crippen LogP contribution is 2.39. The van der Waals surface area contributed by atoms with E-state index < -0.39 is 0 Å². The second kappa shape index (κ2) is 5.71. The summed E-state index contributed by atoms with van der Waals surface area (Å²) < 4.78 is 24.3. The molecule has 1 aromatic carbocycles. The molecular formula is C13H12BrFO2S. The fourth-order valence-corrected chi connectivity index (χ4v) is 3.20. The number of hydrogen-bond donors (Lipinski definition) is 0. The van der Waals surface area contributed by atoms with Crippen LogP contribution in [0.4, 0.5) is 4.39 Å². The van der Waals surface area contributed by atoms with Gasteiger partial charge >= 0.3 is 0 Å². The van der Waals surface area contributed by atoms with E-state index in [1.807, 2.05) is 17.5 Å². The highest BCUT2D eigenvalue weighted by atomic mass is 79.9. The van der Waals surface area contributed by atoms with Crippen molar-refractivity contribution in [1.29, 1.82) is 0 Å². The van der Waals surface area contributed by atoms with Gasteiger partial charge in [-0.3, -0.25) is 0 Å². The summed E-state index contributed by atoms with van der Waals surface area (Å²) in [5.41, 5.74) is 0.537. The number of rotatable bonds is 4. The fraction of sp³-hybridized carbons (Fsp3) is 0.231. The molecule has 1 aromatic heterocycles. The molecule has 5 heteroatoms. The third kappa shape index (κ3) is 2.52. The van der Waals surface area contributed by atoms with Gasteiger partial charge in [-0.25, -0.2) is 4.39 Å². The number of alkyl halides is 1. The minimum atomic E-state index is -0.317. The molecule has 0 fully saturated rings. The van der Waals surface area contributed by atoms with Gasteiger partial charge in [0.05, 0.1) is 19.0 Å². The number of ether oxygens (including phenoxy) is 2. The molecule has 2 nitrogen and oxygen atoms in total. The summed E-state index contributed by atoms with van der Waals surface area (Å²) in [7, 11) is 3.02. The van der Waals surface area contributed by atoms with Crippen molar-refractivity contribution in [2.24, 2.45) is 0 Å². The van der Waals surface area contributed by atoms with Crippen LogP contribution in [0.15, 0.2) is 29.6 Å². The third-order valence-corrected chi connectivity index (χ3v) is 4.80. The van der Waals surface area contributed by atoms with Gasteiger partial charge < -0.3 is 9.47 Å². The van der Waals surface area contributed by atoms with Gasteiger partial charge in [-0.1, -0.05) is 22.0 Å². The first-order chi connectivity index (χ1) is 8.67. The van der Waals surface area contributed by atoms with Gasteiger partial charge in [-0.15, -0.1) is 11.3 Å². The van der Waals surface area contributed by atoms with Crippen molar-refractivity contribution in [1.82, 2.24) is 0 Å². The van der Waals surface area contributed by atoms with E-state index in [1.54, 1.807) is 17.4 Å². The van der Waals surface area contributed by atoms with Crippen LogP contribution >= 0.6 is 27.3 Å². The molecule has 2 rings (SSSR count). The quantitative estimate of drug-likeness (QED) is 0.774. The summed E-state index contributed by atoms with van der Waals surface area (Å²) in [6.45, 7) is 0. The highest BCUT2D eigenvalue weighted by Gasteiger charge is 2.19. The van der Waals surface area contributed by atoms with Gasteiger partial charge in [0.1, 0.15) is 5.82 Å².